The minimum absolute atomic E-state index is 0. The molecule has 3 N–H and O–H groups in total. The molecule has 0 aromatic heterocycles. The minimum Gasteiger partial charge on any atom is -0.344 e. The normalized spacial score (nSPS) is 20.9. The second kappa shape index (κ2) is 10.1. The van der Waals surface area contributed by atoms with Crippen LogP contribution in [0.3, 0.4) is 0 Å². The molecule has 136 valence electrons. The van der Waals surface area contributed by atoms with Gasteiger partial charge in [-0.15, -0.1) is 12.4 Å². The van der Waals surface area contributed by atoms with Crippen LogP contribution in [-0.4, -0.2) is 41.9 Å². The molecule has 0 radical (unpaired) electrons. The highest BCUT2D eigenvalue weighted by Gasteiger charge is 2.32. The lowest BCUT2D eigenvalue weighted by Crippen LogP contribution is -2.54. The Kier molecular flexibility index (Phi) is 9.78. The van der Waals surface area contributed by atoms with Crippen LogP contribution in [0.5, 0.6) is 0 Å². The average molecular weight is 348 g/mol. The van der Waals surface area contributed by atoms with Crippen molar-refractivity contribution in [2.45, 2.75) is 66.0 Å². The van der Waals surface area contributed by atoms with Crippen molar-refractivity contribution in [1.82, 2.24) is 10.2 Å². The van der Waals surface area contributed by atoms with E-state index in [4.69, 9.17) is 5.73 Å². The van der Waals surface area contributed by atoms with Gasteiger partial charge in [0.05, 0.1) is 0 Å². The van der Waals surface area contributed by atoms with Crippen LogP contribution >= 0.6 is 12.4 Å². The fourth-order valence-corrected chi connectivity index (χ4v) is 2.95. The zero-order valence-corrected chi connectivity index (χ0v) is 16.0. The van der Waals surface area contributed by atoms with Crippen molar-refractivity contribution in [1.29, 1.82) is 0 Å². The van der Waals surface area contributed by atoms with E-state index in [9.17, 15) is 9.59 Å². The van der Waals surface area contributed by atoms with Crippen molar-refractivity contribution in [2.24, 2.45) is 23.5 Å². The quantitative estimate of drug-likeness (QED) is 0.773. The standard InChI is InChI=1S/C17H33N3O2.ClH/c1-11(2)9-15(21)19-16(12(3)4)17(22)20-8-6-7-14(10-20)13(5)18;/h11-14,16H,6-10,18H2,1-5H3,(H,19,21);1H. The van der Waals surface area contributed by atoms with E-state index in [2.05, 4.69) is 5.32 Å². The maximum absolute atomic E-state index is 12.8. The minimum atomic E-state index is -0.432. The molecule has 1 heterocycles. The largest absolute Gasteiger partial charge is 0.344 e. The van der Waals surface area contributed by atoms with E-state index in [1.807, 2.05) is 39.5 Å². The maximum Gasteiger partial charge on any atom is 0.245 e. The zero-order chi connectivity index (χ0) is 16.9. The first-order valence-corrected chi connectivity index (χ1v) is 8.56. The van der Waals surface area contributed by atoms with Crippen LogP contribution in [-0.2, 0) is 9.59 Å². The van der Waals surface area contributed by atoms with E-state index in [1.165, 1.54) is 0 Å². The van der Waals surface area contributed by atoms with Gasteiger partial charge in [0.2, 0.25) is 11.8 Å². The van der Waals surface area contributed by atoms with E-state index < -0.39 is 6.04 Å². The number of hydrogen-bond donors (Lipinski definition) is 2. The molecule has 2 amide bonds. The van der Waals surface area contributed by atoms with Crippen LogP contribution < -0.4 is 11.1 Å². The predicted octanol–water partition coefficient (Wildman–Crippen LogP) is 2.18. The van der Waals surface area contributed by atoms with E-state index in [0.29, 0.717) is 24.8 Å². The molecular weight excluding hydrogens is 314 g/mol. The van der Waals surface area contributed by atoms with Crippen molar-refractivity contribution >= 4 is 24.2 Å². The zero-order valence-electron chi connectivity index (χ0n) is 15.2. The number of likely N-dealkylation sites (tertiary alicyclic amines) is 1. The molecule has 3 atom stereocenters. The smallest absolute Gasteiger partial charge is 0.245 e. The number of amides is 2. The fourth-order valence-electron chi connectivity index (χ4n) is 2.95. The van der Waals surface area contributed by atoms with Crippen molar-refractivity contribution in [3.63, 3.8) is 0 Å². The van der Waals surface area contributed by atoms with Crippen molar-refractivity contribution in [2.75, 3.05) is 13.1 Å². The third-order valence-corrected chi connectivity index (χ3v) is 4.36. The summed E-state index contributed by atoms with van der Waals surface area (Å²) < 4.78 is 0. The summed E-state index contributed by atoms with van der Waals surface area (Å²) in [4.78, 5) is 26.7. The van der Waals surface area contributed by atoms with E-state index in [0.717, 1.165) is 19.4 Å². The summed E-state index contributed by atoms with van der Waals surface area (Å²) in [5.41, 5.74) is 5.99. The summed E-state index contributed by atoms with van der Waals surface area (Å²) in [6.45, 7) is 11.4. The molecule has 0 bridgehead atoms. The molecule has 1 fully saturated rings. The molecule has 1 rings (SSSR count). The van der Waals surface area contributed by atoms with Gasteiger partial charge in [0.15, 0.2) is 0 Å². The van der Waals surface area contributed by atoms with E-state index in [-0.39, 0.29) is 36.2 Å². The third-order valence-electron chi connectivity index (χ3n) is 4.36. The molecule has 3 unspecified atom stereocenters. The van der Waals surface area contributed by atoms with Crippen LogP contribution in [0.15, 0.2) is 0 Å². The van der Waals surface area contributed by atoms with Crippen molar-refractivity contribution in [3.8, 4) is 0 Å². The summed E-state index contributed by atoms with van der Waals surface area (Å²) >= 11 is 0. The Morgan fingerprint density at radius 1 is 1.22 bits per heavy atom. The highest BCUT2D eigenvalue weighted by molar-refractivity contribution is 5.88. The summed E-state index contributed by atoms with van der Waals surface area (Å²) in [5, 5.41) is 2.93. The number of carbonyl (C=O) groups excluding carboxylic acids is 2. The first-order valence-electron chi connectivity index (χ1n) is 8.56. The highest BCUT2D eigenvalue weighted by Crippen LogP contribution is 2.20. The van der Waals surface area contributed by atoms with Gasteiger partial charge in [0, 0.05) is 25.6 Å². The molecule has 0 spiro atoms. The number of nitrogens with one attached hydrogen (secondary N) is 1. The Morgan fingerprint density at radius 2 is 1.83 bits per heavy atom. The molecule has 1 aliphatic rings. The number of piperidine rings is 1. The average Bonchev–Trinajstić information content (AvgIpc) is 2.43. The first kappa shape index (κ1) is 22.2. The number of nitrogens with zero attached hydrogens (tertiary/aromatic N) is 1. The van der Waals surface area contributed by atoms with Gasteiger partial charge < -0.3 is 16.0 Å². The van der Waals surface area contributed by atoms with Gasteiger partial charge in [-0.25, -0.2) is 0 Å². The van der Waals surface area contributed by atoms with Gasteiger partial charge >= 0.3 is 0 Å². The number of carbonyl (C=O) groups is 2. The first-order chi connectivity index (χ1) is 10.2. The molecule has 0 aromatic rings. The van der Waals surface area contributed by atoms with Crippen LogP contribution in [0.25, 0.3) is 0 Å². The Morgan fingerprint density at radius 3 is 2.30 bits per heavy atom. The van der Waals surface area contributed by atoms with Gasteiger partial charge in [-0.3, -0.25) is 9.59 Å². The van der Waals surface area contributed by atoms with E-state index >= 15 is 0 Å². The molecule has 1 saturated heterocycles. The maximum atomic E-state index is 12.8. The van der Waals surface area contributed by atoms with Crippen LogP contribution in [0.2, 0.25) is 0 Å². The molecule has 23 heavy (non-hydrogen) atoms. The topological polar surface area (TPSA) is 75.4 Å². The van der Waals surface area contributed by atoms with Crippen molar-refractivity contribution in [3.05, 3.63) is 0 Å². The SMILES string of the molecule is CC(C)CC(=O)NC(C(=O)N1CCCC(C(C)N)C1)C(C)C.Cl. The van der Waals surface area contributed by atoms with Crippen LogP contribution in [0.1, 0.15) is 53.9 Å². The van der Waals surface area contributed by atoms with E-state index in [1.54, 1.807) is 0 Å². The lowest BCUT2D eigenvalue weighted by molar-refractivity contribution is -0.139. The lowest BCUT2D eigenvalue weighted by atomic mass is 9.91. The number of halogens is 1. The predicted molar refractivity (Wildman–Crippen MR) is 96.4 cm³/mol. The molecule has 0 aromatic carbocycles. The molecule has 1 aliphatic heterocycles. The molecule has 0 aliphatic carbocycles. The van der Waals surface area contributed by atoms with Gasteiger partial charge in [-0.05, 0) is 37.5 Å². The van der Waals surface area contributed by atoms with Crippen LogP contribution in [0, 0.1) is 17.8 Å². The Labute approximate surface area is 147 Å². The lowest BCUT2D eigenvalue weighted by Gasteiger charge is -2.37. The Balaban J connectivity index is 0.00000484. The fraction of sp³-hybridized carbons (Fsp3) is 0.882. The van der Waals surface area contributed by atoms with Gasteiger partial charge in [0.25, 0.3) is 0 Å². The number of nitrogens with two attached hydrogens (primary N) is 1. The van der Waals surface area contributed by atoms with Gasteiger partial charge in [-0.2, -0.15) is 0 Å². The van der Waals surface area contributed by atoms with Crippen molar-refractivity contribution < 1.29 is 9.59 Å². The molecule has 6 heteroatoms. The van der Waals surface area contributed by atoms with Gasteiger partial charge in [0.1, 0.15) is 6.04 Å². The second-order valence-electron chi connectivity index (χ2n) is 7.43. The molecule has 5 nitrogen and oxygen atoms in total. The summed E-state index contributed by atoms with van der Waals surface area (Å²) in [6, 6.07) is -0.332. The Bertz CT molecular complexity index is 386. The second-order valence-corrected chi connectivity index (χ2v) is 7.43. The Hall–Kier alpha value is -0.810. The summed E-state index contributed by atoms with van der Waals surface area (Å²) in [6.07, 6.45) is 2.52. The van der Waals surface area contributed by atoms with Crippen LogP contribution in [0.4, 0.5) is 0 Å². The number of hydrogen-bond acceptors (Lipinski definition) is 3. The summed E-state index contributed by atoms with van der Waals surface area (Å²) in [5.74, 6) is 0.733. The third kappa shape index (κ3) is 7.08. The number of rotatable bonds is 6. The monoisotopic (exact) mass is 347 g/mol. The van der Waals surface area contributed by atoms with Gasteiger partial charge in [-0.1, -0.05) is 27.7 Å². The summed E-state index contributed by atoms with van der Waals surface area (Å²) in [7, 11) is 0. The molecular formula is C17H34ClN3O2. The highest BCUT2D eigenvalue weighted by atomic mass is 35.5. The molecule has 0 saturated carbocycles.